The summed E-state index contributed by atoms with van der Waals surface area (Å²) in [6.45, 7) is 4.58. The number of benzene rings is 1. The fraction of sp³-hybridized carbons (Fsp3) is 0.533. The number of methoxy groups -OCH3 is 1. The zero-order valence-electron chi connectivity index (χ0n) is 12.1. The highest BCUT2D eigenvalue weighted by Gasteiger charge is 2.05. The second-order valence-corrected chi connectivity index (χ2v) is 4.05. The topological polar surface area (TPSA) is 54.0 Å². The van der Waals surface area contributed by atoms with Crippen LogP contribution in [0.15, 0.2) is 24.3 Å². The molecular weight excluding hydrogens is 260 g/mol. The number of ether oxygens (including phenoxy) is 4. The van der Waals surface area contributed by atoms with Gasteiger partial charge in [0.05, 0.1) is 32.0 Å². The highest BCUT2D eigenvalue weighted by Crippen LogP contribution is 2.13. The molecule has 0 aliphatic heterocycles. The molecule has 0 radical (unpaired) electrons. The van der Waals surface area contributed by atoms with Crippen molar-refractivity contribution in [3.63, 3.8) is 0 Å². The molecule has 5 heteroatoms. The third-order valence-corrected chi connectivity index (χ3v) is 2.50. The Bertz CT molecular complexity index is 374. The van der Waals surface area contributed by atoms with Crippen molar-refractivity contribution in [1.29, 1.82) is 0 Å². The monoisotopic (exact) mass is 282 g/mol. The zero-order chi connectivity index (χ0) is 14.6. The maximum atomic E-state index is 11.5. The first kappa shape index (κ1) is 16.5. The zero-order valence-corrected chi connectivity index (χ0v) is 12.1. The highest BCUT2D eigenvalue weighted by atomic mass is 16.5. The molecular formula is C15H22O5. The van der Waals surface area contributed by atoms with Crippen LogP contribution in [0.5, 0.6) is 5.75 Å². The fourth-order valence-corrected chi connectivity index (χ4v) is 1.50. The lowest BCUT2D eigenvalue weighted by Gasteiger charge is -2.07. The fourth-order valence-electron chi connectivity index (χ4n) is 1.50. The van der Waals surface area contributed by atoms with Gasteiger partial charge in [-0.15, -0.1) is 0 Å². The van der Waals surface area contributed by atoms with Crippen LogP contribution in [0.2, 0.25) is 0 Å². The molecule has 1 aromatic carbocycles. The Morgan fingerprint density at radius 3 is 2.45 bits per heavy atom. The van der Waals surface area contributed by atoms with Gasteiger partial charge in [-0.05, 0) is 31.2 Å². The lowest BCUT2D eigenvalue weighted by Crippen LogP contribution is -2.07. The minimum absolute atomic E-state index is 0.314. The van der Waals surface area contributed by atoms with Gasteiger partial charge >= 0.3 is 5.97 Å². The van der Waals surface area contributed by atoms with Gasteiger partial charge in [0.25, 0.3) is 0 Å². The Balaban J connectivity index is 2.20. The van der Waals surface area contributed by atoms with E-state index in [2.05, 4.69) is 0 Å². The van der Waals surface area contributed by atoms with E-state index in [-0.39, 0.29) is 5.97 Å². The van der Waals surface area contributed by atoms with Gasteiger partial charge in [0.15, 0.2) is 0 Å². The quantitative estimate of drug-likeness (QED) is 0.487. The molecule has 0 aliphatic carbocycles. The molecule has 5 nitrogen and oxygen atoms in total. The molecule has 112 valence electrons. The molecule has 0 fully saturated rings. The molecule has 0 amide bonds. The average Bonchev–Trinajstić information content (AvgIpc) is 2.47. The van der Waals surface area contributed by atoms with Crippen LogP contribution in [0.4, 0.5) is 0 Å². The van der Waals surface area contributed by atoms with Crippen LogP contribution >= 0.6 is 0 Å². The number of esters is 1. The Kier molecular flexibility index (Phi) is 8.42. The molecule has 1 aromatic rings. The molecule has 0 N–H and O–H groups in total. The van der Waals surface area contributed by atoms with Gasteiger partial charge in [0.1, 0.15) is 5.75 Å². The molecule has 0 bridgehead atoms. The van der Waals surface area contributed by atoms with E-state index >= 15 is 0 Å². The largest absolute Gasteiger partial charge is 0.494 e. The van der Waals surface area contributed by atoms with E-state index in [1.165, 1.54) is 0 Å². The average molecular weight is 282 g/mol. The molecule has 0 spiro atoms. The second kappa shape index (κ2) is 10.2. The third kappa shape index (κ3) is 6.54. The Morgan fingerprint density at radius 1 is 1.05 bits per heavy atom. The Hall–Kier alpha value is -1.59. The van der Waals surface area contributed by atoms with Crippen LogP contribution in [0.3, 0.4) is 0 Å². The smallest absolute Gasteiger partial charge is 0.338 e. The van der Waals surface area contributed by atoms with Gasteiger partial charge in [-0.1, -0.05) is 0 Å². The van der Waals surface area contributed by atoms with Crippen LogP contribution in [0.25, 0.3) is 0 Å². The highest BCUT2D eigenvalue weighted by molar-refractivity contribution is 5.89. The first-order valence-corrected chi connectivity index (χ1v) is 6.74. The standard InChI is InChI=1S/C15H22O5/c1-3-19-15(16)13-5-7-14(8-6-13)20-10-4-9-18-12-11-17-2/h5-8H,3-4,9-12H2,1-2H3. The van der Waals surface area contributed by atoms with E-state index in [1.54, 1.807) is 38.3 Å². The SMILES string of the molecule is CCOC(=O)c1ccc(OCCCOCCOC)cc1. The first-order chi connectivity index (χ1) is 9.77. The summed E-state index contributed by atoms with van der Waals surface area (Å²) in [5, 5.41) is 0. The van der Waals surface area contributed by atoms with Crippen LogP contribution in [0.1, 0.15) is 23.7 Å². The normalized spacial score (nSPS) is 10.3. The van der Waals surface area contributed by atoms with Crippen molar-refractivity contribution in [3.05, 3.63) is 29.8 Å². The second-order valence-electron chi connectivity index (χ2n) is 4.05. The van der Waals surface area contributed by atoms with Crippen LogP contribution < -0.4 is 4.74 Å². The van der Waals surface area contributed by atoms with Gasteiger partial charge in [0.2, 0.25) is 0 Å². The van der Waals surface area contributed by atoms with E-state index in [9.17, 15) is 4.79 Å². The van der Waals surface area contributed by atoms with Crippen LogP contribution in [-0.2, 0) is 14.2 Å². The maximum absolute atomic E-state index is 11.5. The minimum atomic E-state index is -0.314. The summed E-state index contributed by atoms with van der Waals surface area (Å²) in [4.78, 5) is 11.5. The van der Waals surface area contributed by atoms with E-state index in [1.807, 2.05) is 0 Å². The van der Waals surface area contributed by atoms with Crippen molar-refractivity contribution < 1.29 is 23.7 Å². The summed E-state index contributed by atoms with van der Waals surface area (Å²) >= 11 is 0. The molecule has 0 heterocycles. The van der Waals surface area contributed by atoms with Crippen molar-refractivity contribution in [2.45, 2.75) is 13.3 Å². The van der Waals surface area contributed by atoms with Crippen LogP contribution in [-0.4, -0.2) is 46.1 Å². The Labute approximate surface area is 119 Å². The molecule has 1 rings (SSSR count). The minimum Gasteiger partial charge on any atom is -0.494 e. The predicted molar refractivity (Wildman–Crippen MR) is 75.2 cm³/mol. The summed E-state index contributed by atoms with van der Waals surface area (Å²) in [6, 6.07) is 6.92. The summed E-state index contributed by atoms with van der Waals surface area (Å²) in [7, 11) is 1.65. The van der Waals surface area contributed by atoms with E-state index in [0.717, 1.165) is 12.2 Å². The molecule has 0 aliphatic rings. The van der Waals surface area contributed by atoms with Gasteiger partial charge in [-0.3, -0.25) is 0 Å². The van der Waals surface area contributed by atoms with E-state index < -0.39 is 0 Å². The number of hydrogen-bond acceptors (Lipinski definition) is 5. The number of carbonyl (C=O) groups excluding carboxylic acids is 1. The first-order valence-electron chi connectivity index (χ1n) is 6.74. The van der Waals surface area contributed by atoms with Gasteiger partial charge in [0, 0.05) is 20.1 Å². The lowest BCUT2D eigenvalue weighted by molar-refractivity contribution is 0.0526. The van der Waals surface area contributed by atoms with Gasteiger partial charge in [-0.2, -0.15) is 0 Å². The molecule has 0 unspecified atom stereocenters. The van der Waals surface area contributed by atoms with Crippen molar-refractivity contribution in [2.24, 2.45) is 0 Å². The maximum Gasteiger partial charge on any atom is 0.338 e. The van der Waals surface area contributed by atoms with Crippen molar-refractivity contribution in [2.75, 3.05) is 40.1 Å². The summed E-state index contributed by atoms with van der Waals surface area (Å²) < 4.78 is 20.6. The van der Waals surface area contributed by atoms with Crippen molar-refractivity contribution in [3.8, 4) is 5.75 Å². The number of carbonyl (C=O) groups is 1. The summed E-state index contributed by atoms with van der Waals surface area (Å²) in [5.74, 6) is 0.417. The molecule has 0 saturated heterocycles. The lowest BCUT2D eigenvalue weighted by atomic mass is 10.2. The van der Waals surface area contributed by atoms with E-state index in [0.29, 0.717) is 38.6 Å². The molecule has 0 aromatic heterocycles. The van der Waals surface area contributed by atoms with Crippen LogP contribution in [0, 0.1) is 0 Å². The van der Waals surface area contributed by atoms with Crippen molar-refractivity contribution in [1.82, 2.24) is 0 Å². The number of hydrogen-bond donors (Lipinski definition) is 0. The molecule has 0 saturated carbocycles. The predicted octanol–water partition coefficient (Wildman–Crippen LogP) is 2.30. The summed E-state index contributed by atoms with van der Waals surface area (Å²) in [5.41, 5.74) is 0.530. The summed E-state index contributed by atoms with van der Waals surface area (Å²) in [6.07, 6.45) is 0.809. The third-order valence-electron chi connectivity index (χ3n) is 2.50. The number of rotatable bonds is 10. The van der Waals surface area contributed by atoms with E-state index in [4.69, 9.17) is 18.9 Å². The Morgan fingerprint density at radius 2 is 1.80 bits per heavy atom. The van der Waals surface area contributed by atoms with Gasteiger partial charge in [-0.25, -0.2) is 4.79 Å². The molecule has 20 heavy (non-hydrogen) atoms. The van der Waals surface area contributed by atoms with Crippen molar-refractivity contribution >= 4 is 5.97 Å². The van der Waals surface area contributed by atoms with Gasteiger partial charge < -0.3 is 18.9 Å². The molecule has 0 atom stereocenters.